The van der Waals surface area contributed by atoms with Crippen LogP contribution >= 0.6 is 0 Å². The van der Waals surface area contributed by atoms with Gasteiger partial charge >= 0.3 is 0 Å². The fourth-order valence-corrected chi connectivity index (χ4v) is 2.43. The molecule has 0 spiro atoms. The van der Waals surface area contributed by atoms with Gasteiger partial charge in [-0.2, -0.15) is 0 Å². The fourth-order valence-electron chi connectivity index (χ4n) is 2.43. The Hall–Kier alpha value is -0.570. The summed E-state index contributed by atoms with van der Waals surface area (Å²) in [6, 6.07) is -0.0102. The van der Waals surface area contributed by atoms with Crippen LogP contribution in [-0.2, 0) is 4.79 Å². The summed E-state index contributed by atoms with van der Waals surface area (Å²) in [5.74, 6) is 0.0356. The van der Waals surface area contributed by atoms with Crippen LogP contribution < -0.4 is 11.1 Å². The summed E-state index contributed by atoms with van der Waals surface area (Å²) in [5, 5.41) is 3.11. The highest BCUT2D eigenvalue weighted by molar-refractivity contribution is 5.81. The normalized spacial score (nSPS) is 25.4. The molecule has 0 aliphatic heterocycles. The molecule has 94 valence electrons. The van der Waals surface area contributed by atoms with Gasteiger partial charge in [-0.15, -0.1) is 0 Å². The number of carbonyl (C=O) groups excluding carboxylic acids is 1. The number of nitrogens with two attached hydrogens (primary N) is 1. The third-order valence-corrected chi connectivity index (χ3v) is 3.78. The van der Waals surface area contributed by atoms with Crippen LogP contribution in [0.25, 0.3) is 0 Å². The summed E-state index contributed by atoms with van der Waals surface area (Å²) in [5.41, 5.74) is 6.09. The number of nitrogens with one attached hydrogen (secondary N) is 1. The number of carbonyl (C=O) groups is 1. The Morgan fingerprint density at radius 3 is 2.75 bits per heavy atom. The molecule has 1 aliphatic carbocycles. The lowest BCUT2D eigenvalue weighted by molar-refractivity contribution is -0.123. The van der Waals surface area contributed by atoms with Gasteiger partial charge < -0.3 is 11.1 Å². The molecule has 1 fully saturated rings. The van der Waals surface area contributed by atoms with Crippen molar-refractivity contribution >= 4 is 5.91 Å². The van der Waals surface area contributed by atoms with E-state index in [-0.39, 0.29) is 17.4 Å². The maximum atomic E-state index is 11.9. The highest BCUT2D eigenvalue weighted by atomic mass is 16.2. The molecule has 3 heteroatoms. The Labute approximate surface area is 99.2 Å². The topological polar surface area (TPSA) is 55.1 Å². The first kappa shape index (κ1) is 13.5. The van der Waals surface area contributed by atoms with Crippen molar-refractivity contribution in [2.75, 3.05) is 0 Å². The van der Waals surface area contributed by atoms with Crippen LogP contribution in [0.5, 0.6) is 0 Å². The molecule has 1 saturated carbocycles. The van der Waals surface area contributed by atoms with Gasteiger partial charge in [0.15, 0.2) is 0 Å². The molecule has 3 N–H and O–H groups in total. The second-order valence-corrected chi connectivity index (χ2v) is 5.69. The van der Waals surface area contributed by atoms with E-state index in [2.05, 4.69) is 26.1 Å². The zero-order valence-corrected chi connectivity index (χ0v) is 10.9. The van der Waals surface area contributed by atoms with E-state index in [0.29, 0.717) is 6.04 Å². The summed E-state index contributed by atoms with van der Waals surface area (Å²) in [4.78, 5) is 11.9. The van der Waals surface area contributed by atoms with Crippen molar-refractivity contribution < 1.29 is 4.79 Å². The minimum absolute atomic E-state index is 0.0356. The van der Waals surface area contributed by atoms with Gasteiger partial charge in [-0.25, -0.2) is 0 Å². The van der Waals surface area contributed by atoms with Crippen LogP contribution in [0.2, 0.25) is 0 Å². The molecule has 1 rings (SSSR count). The summed E-state index contributed by atoms with van der Waals surface area (Å²) >= 11 is 0. The van der Waals surface area contributed by atoms with Crippen LogP contribution in [0.15, 0.2) is 0 Å². The summed E-state index contributed by atoms with van der Waals surface area (Å²) in [6.45, 7) is 6.57. The van der Waals surface area contributed by atoms with Gasteiger partial charge in [0.2, 0.25) is 5.91 Å². The second kappa shape index (κ2) is 5.67. The van der Waals surface area contributed by atoms with E-state index in [4.69, 9.17) is 5.73 Å². The fraction of sp³-hybridized carbons (Fsp3) is 0.923. The van der Waals surface area contributed by atoms with E-state index < -0.39 is 0 Å². The molecule has 0 aromatic heterocycles. The van der Waals surface area contributed by atoms with Gasteiger partial charge in [-0.05, 0) is 24.7 Å². The van der Waals surface area contributed by atoms with Crippen LogP contribution in [0.4, 0.5) is 0 Å². The Bertz CT molecular complexity index is 238. The van der Waals surface area contributed by atoms with E-state index in [0.717, 1.165) is 25.7 Å². The molecule has 0 radical (unpaired) electrons. The van der Waals surface area contributed by atoms with Gasteiger partial charge in [0.05, 0.1) is 6.04 Å². The molecule has 3 nitrogen and oxygen atoms in total. The lowest BCUT2D eigenvalue weighted by atomic mass is 9.87. The standard InChI is InChI=1S/C13H26N2O/c1-4-5-7-10(14)12(16)15-11-8-6-9-13(11,2)3/h10-11H,4-9,14H2,1-3H3,(H,15,16). The third kappa shape index (κ3) is 3.48. The van der Waals surface area contributed by atoms with E-state index in [9.17, 15) is 4.79 Å². The van der Waals surface area contributed by atoms with Gasteiger partial charge in [0, 0.05) is 6.04 Å². The van der Waals surface area contributed by atoms with Crippen molar-refractivity contribution in [2.45, 2.75) is 71.4 Å². The average molecular weight is 226 g/mol. The highest BCUT2D eigenvalue weighted by Gasteiger charge is 2.35. The maximum absolute atomic E-state index is 11.9. The molecule has 0 heterocycles. The minimum atomic E-state index is -0.323. The lowest BCUT2D eigenvalue weighted by Crippen LogP contribution is -2.48. The molecule has 2 atom stereocenters. The minimum Gasteiger partial charge on any atom is -0.351 e. The zero-order valence-electron chi connectivity index (χ0n) is 10.9. The Kier molecular flexibility index (Phi) is 4.78. The highest BCUT2D eigenvalue weighted by Crippen LogP contribution is 2.37. The molecule has 0 bridgehead atoms. The Morgan fingerprint density at radius 2 is 2.25 bits per heavy atom. The molecule has 2 unspecified atom stereocenters. The maximum Gasteiger partial charge on any atom is 0.237 e. The predicted molar refractivity (Wildman–Crippen MR) is 67.1 cm³/mol. The Morgan fingerprint density at radius 1 is 1.56 bits per heavy atom. The van der Waals surface area contributed by atoms with Crippen molar-refractivity contribution in [3.05, 3.63) is 0 Å². The van der Waals surface area contributed by atoms with Crippen LogP contribution in [0, 0.1) is 5.41 Å². The van der Waals surface area contributed by atoms with Crippen molar-refractivity contribution in [1.82, 2.24) is 5.32 Å². The van der Waals surface area contributed by atoms with Gasteiger partial charge in [0.25, 0.3) is 0 Å². The summed E-state index contributed by atoms with van der Waals surface area (Å²) in [7, 11) is 0. The predicted octanol–water partition coefficient (Wildman–Crippen LogP) is 2.20. The number of unbranched alkanes of at least 4 members (excludes halogenated alkanes) is 1. The first-order valence-electron chi connectivity index (χ1n) is 6.53. The van der Waals surface area contributed by atoms with E-state index in [1.165, 1.54) is 12.8 Å². The van der Waals surface area contributed by atoms with Gasteiger partial charge in [-0.3, -0.25) is 4.79 Å². The summed E-state index contributed by atoms with van der Waals surface area (Å²) in [6.07, 6.45) is 6.43. The van der Waals surface area contributed by atoms with Crippen molar-refractivity contribution in [3.8, 4) is 0 Å². The van der Waals surface area contributed by atoms with Crippen LogP contribution in [0.1, 0.15) is 59.3 Å². The third-order valence-electron chi connectivity index (χ3n) is 3.78. The van der Waals surface area contributed by atoms with E-state index >= 15 is 0 Å². The van der Waals surface area contributed by atoms with Crippen molar-refractivity contribution in [2.24, 2.45) is 11.1 Å². The lowest BCUT2D eigenvalue weighted by Gasteiger charge is -2.28. The van der Waals surface area contributed by atoms with Gasteiger partial charge in [-0.1, -0.05) is 40.0 Å². The van der Waals surface area contributed by atoms with Gasteiger partial charge in [0.1, 0.15) is 0 Å². The first-order chi connectivity index (χ1) is 7.47. The van der Waals surface area contributed by atoms with E-state index in [1.807, 2.05) is 0 Å². The molecule has 1 aliphatic rings. The number of rotatable bonds is 5. The molecule has 0 aromatic rings. The zero-order chi connectivity index (χ0) is 12.2. The number of hydrogen-bond donors (Lipinski definition) is 2. The van der Waals surface area contributed by atoms with Crippen molar-refractivity contribution in [3.63, 3.8) is 0 Å². The van der Waals surface area contributed by atoms with Crippen LogP contribution in [-0.4, -0.2) is 18.0 Å². The average Bonchev–Trinajstić information content (AvgIpc) is 2.54. The molecule has 16 heavy (non-hydrogen) atoms. The quantitative estimate of drug-likeness (QED) is 0.755. The Balaban J connectivity index is 2.39. The number of amides is 1. The van der Waals surface area contributed by atoms with E-state index in [1.54, 1.807) is 0 Å². The monoisotopic (exact) mass is 226 g/mol. The molecule has 0 saturated heterocycles. The van der Waals surface area contributed by atoms with Crippen LogP contribution in [0.3, 0.4) is 0 Å². The molecular formula is C13H26N2O. The number of hydrogen-bond acceptors (Lipinski definition) is 2. The van der Waals surface area contributed by atoms with Crippen molar-refractivity contribution in [1.29, 1.82) is 0 Å². The summed E-state index contributed by atoms with van der Waals surface area (Å²) < 4.78 is 0. The smallest absolute Gasteiger partial charge is 0.237 e. The SMILES string of the molecule is CCCCC(N)C(=O)NC1CCCC1(C)C. The molecule has 1 amide bonds. The first-order valence-corrected chi connectivity index (χ1v) is 6.53. The molecule has 0 aromatic carbocycles. The largest absolute Gasteiger partial charge is 0.351 e. The second-order valence-electron chi connectivity index (χ2n) is 5.69. The molecular weight excluding hydrogens is 200 g/mol.